The van der Waals surface area contributed by atoms with Gasteiger partial charge in [-0.3, -0.25) is 0 Å². The molecule has 0 spiro atoms. The Balaban J connectivity index is 2.60. The van der Waals surface area contributed by atoms with Crippen molar-refractivity contribution >= 4 is 6.08 Å². The van der Waals surface area contributed by atoms with Crippen molar-refractivity contribution in [3.8, 4) is 0 Å². The Morgan fingerprint density at radius 1 is 1.33 bits per heavy atom. The maximum absolute atomic E-state index is 3.68. The second kappa shape index (κ2) is 6.64. The van der Waals surface area contributed by atoms with E-state index in [2.05, 4.69) is 37.4 Å². The number of hydrogen-bond acceptors (Lipinski definition) is 0. The van der Waals surface area contributed by atoms with E-state index in [1.165, 1.54) is 11.1 Å². The molecule has 0 amide bonds. The van der Waals surface area contributed by atoms with Crippen LogP contribution in [0.1, 0.15) is 18.9 Å². The fraction of sp³-hybridized carbons (Fsp3) is 0.133. The van der Waals surface area contributed by atoms with E-state index >= 15 is 0 Å². The molecular formula is C15H16. The average Bonchev–Trinajstić information content (AvgIpc) is 2.26. The van der Waals surface area contributed by atoms with Gasteiger partial charge in [-0.1, -0.05) is 48.6 Å². The van der Waals surface area contributed by atoms with Gasteiger partial charge < -0.3 is 0 Å². The lowest BCUT2D eigenvalue weighted by atomic mass is 10.2. The number of hydrogen-bond donors (Lipinski definition) is 0. The minimum absolute atomic E-state index is 0.898. The molecule has 0 aliphatic rings. The second-order valence-corrected chi connectivity index (χ2v) is 3.35. The SMILES string of the molecule is C=CCC(C)=C=C/C=C/c1ccccc1. The molecule has 0 heteroatoms. The third kappa shape index (κ3) is 4.85. The van der Waals surface area contributed by atoms with Crippen LogP contribution in [0.2, 0.25) is 0 Å². The smallest absolute Gasteiger partial charge is 0.00680 e. The van der Waals surface area contributed by atoms with Crippen LogP contribution in [0.25, 0.3) is 6.08 Å². The minimum Gasteiger partial charge on any atom is -0.122 e. The third-order valence-electron chi connectivity index (χ3n) is 1.96. The van der Waals surface area contributed by atoms with Crippen LogP contribution < -0.4 is 0 Å². The van der Waals surface area contributed by atoms with Crippen LogP contribution in [-0.2, 0) is 0 Å². The van der Waals surface area contributed by atoms with Crippen molar-refractivity contribution in [2.24, 2.45) is 0 Å². The lowest BCUT2D eigenvalue weighted by Gasteiger charge is -1.88. The maximum Gasteiger partial charge on any atom is -0.00680 e. The maximum atomic E-state index is 3.68. The molecule has 0 radical (unpaired) electrons. The Morgan fingerprint density at radius 2 is 2.07 bits per heavy atom. The highest BCUT2D eigenvalue weighted by molar-refractivity contribution is 5.50. The van der Waals surface area contributed by atoms with E-state index < -0.39 is 0 Å². The molecule has 0 aliphatic carbocycles. The quantitative estimate of drug-likeness (QED) is 0.381. The topological polar surface area (TPSA) is 0 Å². The predicted molar refractivity (Wildman–Crippen MR) is 67.6 cm³/mol. The van der Waals surface area contributed by atoms with E-state index in [0.717, 1.165) is 6.42 Å². The van der Waals surface area contributed by atoms with Gasteiger partial charge in [-0.25, -0.2) is 0 Å². The van der Waals surface area contributed by atoms with Crippen LogP contribution in [0.3, 0.4) is 0 Å². The van der Waals surface area contributed by atoms with Crippen molar-refractivity contribution in [2.75, 3.05) is 0 Å². The van der Waals surface area contributed by atoms with Crippen LogP contribution in [0.4, 0.5) is 0 Å². The molecule has 0 saturated carbocycles. The molecule has 0 aromatic heterocycles. The molecule has 0 aliphatic heterocycles. The molecule has 1 aromatic carbocycles. The number of rotatable bonds is 4. The molecule has 0 heterocycles. The molecule has 0 fully saturated rings. The summed E-state index contributed by atoms with van der Waals surface area (Å²) in [5.41, 5.74) is 5.59. The van der Waals surface area contributed by atoms with Crippen molar-refractivity contribution in [3.63, 3.8) is 0 Å². The molecule has 0 N–H and O–H groups in total. The summed E-state index contributed by atoms with van der Waals surface area (Å²) in [6, 6.07) is 10.2. The highest BCUT2D eigenvalue weighted by Gasteiger charge is 1.80. The largest absolute Gasteiger partial charge is 0.122 e. The van der Waals surface area contributed by atoms with Gasteiger partial charge in [0.1, 0.15) is 0 Å². The monoisotopic (exact) mass is 196 g/mol. The fourth-order valence-electron chi connectivity index (χ4n) is 1.19. The van der Waals surface area contributed by atoms with Gasteiger partial charge in [-0.15, -0.1) is 12.3 Å². The van der Waals surface area contributed by atoms with E-state index in [0.29, 0.717) is 0 Å². The summed E-state index contributed by atoms with van der Waals surface area (Å²) >= 11 is 0. The average molecular weight is 196 g/mol. The van der Waals surface area contributed by atoms with Gasteiger partial charge in [0.05, 0.1) is 0 Å². The first-order valence-electron chi connectivity index (χ1n) is 5.07. The van der Waals surface area contributed by atoms with E-state index in [-0.39, 0.29) is 0 Å². The zero-order valence-electron chi connectivity index (χ0n) is 9.11. The molecule has 76 valence electrons. The lowest BCUT2D eigenvalue weighted by molar-refractivity contribution is 1.23. The van der Waals surface area contributed by atoms with Gasteiger partial charge in [0.25, 0.3) is 0 Å². The highest BCUT2D eigenvalue weighted by atomic mass is 13.9. The molecule has 0 unspecified atom stereocenters. The first-order valence-corrected chi connectivity index (χ1v) is 5.07. The van der Waals surface area contributed by atoms with Gasteiger partial charge in [0, 0.05) is 0 Å². The first kappa shape index (κ1) is 11.3. The second-order valence-electron chi connectivity index (χ2n) is 3.35. The normalized spacial score (nSPS) is 9.67. The Labute approximate surface area is 92.0 Å². The summed E-state index contributed by atoms with van der Waals surface area (Å²) in [5, 5.41) is 0. The summed E-state index contributed by atoms with van der Waals surface area (Å²) in [6.07, 6.45) is 8.79. The molecule has 1 rings (SSSR count). The standard InChI is InChI=1S/C15H16/c1-3-9-14(2)10-7-8-13-15-11-5-4-6-12-15/h3-8,11-13H,1,9H2,2H3/b13-8+. The third-order valence-corrected chi connectivity index (χ3v) is 1.96. The summed E-state index contributed by atoms with van der Waals surface area (Å²) in [6.45, 7) is 5.73. The van der Waals surface area contributed by atoms with Crippen LogP contribution in [-0.4, -0.2) is 0 Å². The zero-order valence-corrected chi connectivity index (χ0v) is 9.11. The van der Waals surface area contributed by atoms with E-state index in [1.807, 2.05) is 36.4 Å². The van der Waals surface area contributed by atoms with Crippen LogP contribution in [0, 0.1) is 0 Å². The van der Waals surface area contributed by atoms with Crippen LogP contribution >= 0.6 is 0 Å². The van der Waals surface area contributed by atoms with Gasteiger partial charge in [0.2, 0.25) is 0 Å². The summed E-state index contributed by atoms with van der Waals surface area (Å²) in [7, 11) is 0. The Morgan fingerprint density at radius 3 is 2.73 bits per heavy atom. The molecule has 15 heavy (non-hydrogen) atoms. The minimum atomic E-state index is 0.898. The van der Waals surface area contributed by atoms with Crippen molar-refractivity contribution in [2.45, 2.75) is 13.3 Å². The Kier molecular flexibility index (Phi) is 5.00. The van der Waals surface area contributed by atoms with Gasteiger partial charge in [-0.05, 0) is 30.6 Å². The molecule has 0 bridgehead atoms. The van der Waals surface area contributed by atoms with Gasteiger partial charge >= 0.3 is 0 Å². The molecular weight excluding hydrogens is 180 g/mol. The fourth-order valence-corrected chi connectivity index (χ4v) is 1.19. The number of benzene rings is 1. The summed E-state index contributed by atoms with van der Waals surface area (Å²) in [5.74, 6) is 0. The van der Waals surface area contributed by atoms with E-state index in [4.69, 9.17) is 0 Å². The van der Waals surface area contributed by atoms with E-state index in [1.54, 1.807) is 0 Å². The Bertz CT molecular complexity index is 387. The van der Waals surface area contributed by atoms with Gasteiger partial charge in [-0.2, -0.15) is 0 Å². The lowest BCUT2D eigenvalue weighted by Crippen LogP contribution is -1.67. The summed E-state index contributed by atoms with van der Waals surface area (Å²) < 4.78 is 0. The van der Waals surface area contributed by atoms with Crippen molar-refractivity contribution in [1.29, 1.82) is 0 Å². The van der Waals surface area contributed by atoms with Crippen LogP contribution in [0.5, 0.6) is 0 Å². The van der Waals surface area contributed by atoms with E-state index in [9.17, 15) is 0 Å². The molecule has 0 saturated heterocycles. The van der Waals surface area contributed by atoms with Crippen LogP contribution in [0.15, 0.2) is 66.4 Å². The Hall–Kier alpha value is -1.78. The number of allylic oxidation sites excluding steroid dienone is 3. The molecule has 1 aromatic rings. The highest BCUT2D eigenvalue weighted by Crippen LogP contribution is 2.01. The van der Waals surface area contributed by atoms with Crippen molar-refractivity contribution in [1.82, 2.24) is 0 Å². The van der Waals surface area contributed by atoms with Crippen molar-refractivity contribution in [3.05, 3.63) is 72.0 Å². The molecule has 0 atom stereocenters. The summed E-state index contributed by atoms with van der Waals surface area (Å²) in [4.78, 5) is 0. The van der Waals surface area contributed by atoms with Gasteiger partial charge in [0.15, 0.2) is 0 Å². The molecule has 0 nitrogen and oxygen atoms in total. The predicted octanol–water partition coefficient (Wildman–Crippen LogP) is 4.38. The first-order chi connectivity index (χ1) is 7.33. The zero-order chi connectivity index (χ0) is 10.9. The van der Waals surface area contributed by atoms with Crippen molar-refractivity contribution < 1.29 is 0 Å².